The highest BCUT2D eigenvalue weighted by Crippen LogP contribution is 2.38. The van der Waals surface area contributed by atoms with E-state index in [2.05, 4.69) is 5.32 Å². The molecule has 1 amide bonds. The van der Waals surface area contributed by atoms with Gasteiger partial charge in [0, 0.05) is 13.1 Å². The first-order valence-electron chi connectivity index (χ1n) is 7.72. The molecule has 1 spiro atoms. The third kappa shape index (κ3) is 2.94. The molecule has 2 fully saturated rings. The molecule has 2 saturated heterocycles. The van der Waals surface area contributed by atoms with Crippen LogP contribution in [0.25, 0.3) is 0 Å². The second-order valence-electron chi connectivity index (χ2n) is 6.23. The van der Waals surface area contributed by atoms with Gasteiger partial charge in [0.2, 0.25) is 5.91 Å². The number of carbonyl (C=O) groups excluding carboxylic acids is 1. The largest absolute Gasteiger partial charge is 0.419 e. The Kier molecular flexibility index (Phi) is 4.08. The van der Waals surface area contributed by atoms with E-state index in [9.17, 15) is 22.4 Å². The van der Waals surface area contributed by atoms with E-state index in [0.29, 0.717) is 31.5 Å². The van der Waals surface area contributed by atoms with Gasteiger partial charge in [-0.25, -0.2) is 4.39 Å². The van der Waals surface area contributed by atoms with Crippen molar-refractivity contribution in [3.63, 3.8) is 0 Å². The van der Waals surface area contributed by atoms with Crippen molar-refractivity contribution >= 4 is 5.91 Å². The standard InChI is InChI=1S/C16H18F4N2O/c17-13-4-3-11(9-12(13)16(18,19)20)10-22-8-2-6-15(22)5-1-7-21-14(15)23/h3-4,9H,1-2,5-8,10H2,(H,21,23). The topological polar surface area (TPSA) is 32.3 Å². The normalized spacial score (nSPS) is 25.8. The van der Waals surface area contributed by atoms with Crippen LogP contribution in [0.1, 0.15) is 36.8 Å². The Labute approximate surface area is 131 Å². The second kappa shape index (κ2) is 5.78. The number of hydrogen-bond donors (Lipinski definition) is 1. The van der Waals surface area contributed by atoms with Crippen molar-refractivity contribution in [2.75, 3.05) is 13.1 Å². The summed E-state index contributed by atoms with van der Waals surface area (Å²) < 4.78 is 51.9. The number of amides is 1. The monoisotopic (exact) mass is 330 g/mol. The van der Waals surface area contributed by atoms with E-state index in [1.165, 1.54) is 6.07 Å². The SMILES string of the molecule is O=C1NCCCC12CCCN2Cc1ccc(F)c(C(F)(F)F)c1. The summed E-state index contributed by atoms with van der Waals surface area (Å²) in [5, 5.41) is 2.85. The Hall–Kier alpha value is -1.63. The van der Waals surface area contributed by atoms with Crippen molar-refractivity contribution < 1.29 is 22.4 Å². The highest BCUT2D eigenvalue weighted by atomic mass is 19.4. The number of carbonyl (C=O) groups is 1. The van der Waals surface area contributed by atoms with Crippen molar-refractivity contribution in [3.05, 3.63) is 35.1 Å². The average Bonchev–Trinajstić information content (AvgIpc) is 2.87. The van der Waals surface area contributed by atoms with Gasteiger partial charge >= 0.3 is 6.18 Å². The van der Waals surface area contributed by atoms with Crippen molar-refractivity contribution in [2.24, 2.45) is 0 Å². The minimum Gasteiger partial charge on any atom is -0.354 e. The number of rotatable bonds is 2. The van der Waals surface area contributed by atoms with Gasteiger partial charge in [0.25, 0.3) is 0 Å². The number of hydrogen-bond acceptors (Lipinski definition) is 2. The molecule has 2 aliphatic heterocycles. The molecular weight excluding hydrogens is 312 g/mol. The van der Waals surface area contributed by atoms with Crippen LogP contribution in [-0.2, 0) is 17.5 Å². The summed E-state index contributed by atoms with van der Waals surface area (Å²) in [6.45, 7) is 1.52. The van der Waals surface area contributed by atoms with Crippen molar-refractivity contribution in [1.29, 1.82) is 0 Å². The summed E-state index contributed by atoms with van der Waals surface area (Å²) in [5.41, 5.74) is -1.50. The quantitative estimate of drug-likeness (QED) is 0.845. The zero-order valence-corrected chi connectivity index (χ0v) is 12.5. The molecule has 2 heterocycles. The van der Waals surface area contributed by atoms with Gasteiger partial charge in [-0.1, -0.05) is 6.07 Å². The van der Waals surface area contributed by atoms with Crippen LogP contribution < -0.4 is 5.32 Å². The lowest BCUT2D eigenvalue weighted by Gasteiger charge is -2.40. The maximum Gasteiger partial charge on any atom is 0.419 e. The van der Waals surface area contributed by atoms with Gasteiger partial charge in [-0.2, -0.15) is 13.2 Å². The van der Waals surface area contributed by atoms with Crippen LogP contribution >= 0.6 is 0 Å². The first-order chi connectivity index (χ1) is 10.8. The molecule has 2 aliphatic rings. The fourth-order valence-corrected chi connectivity index (χ4v) is 3.67. The minimum absolute atomic E-state index is 0.0422. The second-order valence-corrected chi connectivity index (χ2v) is 6.23. The van der Waals surface area contributed by atoms with E-state index in [4.69, 9.17) is 0 Å². The number of alkyl halides is 3. The first-order valence-corrected chi connectivity index (χ1v) is 7.72. The molecule has 1 aromatic carbocycles. The number of benzene rings is 1. The van der Waals surface area contributed by atoms with Gasteiger partial charge in [0.15, 0.2) is 0 Å². The van der Waals surface area contributed by atoms with Crippen LogP contribution in [0.3, 0.4) is 0 Å². The molecule has 3 nitrogen and oxygen atoms in total. The molecular formula is C16H18F4N2O. The molecule has 23 heavy (non-hydrogen) atoms. The van der Waals surface area contributed by atoms with Gasteiger partial charge in [-0.05, 0) is 49.9 Å². The lowest BCUT2D eigenvalue weighted by atomic mass is 9.86. The van der Waals surface area contributed by atoms with E-state index >= 15 is 0 Å². The molecule has 1 atom stereocenters. The van der Waals surface area contributed by atoms with Crippen molar-refractivity contribution in [3.8, 4) is 0 Å². The highest BCUT2D eigenvalue weighted by molar-refractivity contribution is 5.87. The van der Waals surface area contributed by atoms with Crippen molar-refractivity contribution in [1.82, 2.24) is 10.2 Å². The Morgan fingerprint density at radius 3 is 2.65 bits per heavy atom. The van der Waals surface area contributed by atoms with Crippen LogP contribution in [0.5, 0.6) is 0 Å². The van der Waals surface area contributed by atoms with Gasteiger partial charge in [0.1, 0.15) is 11.4 Å². The maximum absolute atomic E-state index is 13.4. The average molecular weight is 330 g/mol. The van der Waals surface area contributed by atoms with Crippen molar-refractivity contribution in [2.45, 2.75) is 43.9 Å². The Morgan fingerprint density at radius 2 is 1.96 bits per heavy atom. The molecule has 0 radical (unpaired) electrons. The van der Waals surface area contributed by atoms with E-state index in [1.54, 1.807) is 0 Å². The van der Waals surface area contributed by atoms with Gasteiger partial charge < -0.3 is 5.32 Å². The molecule has 0 aromatic heterocycles. The van der Waals surface area contributed by atoms with Gasteiger partial charge in [-0.15, -0.1) is 0 Å². The molecule has 0 saturated carbocycles. The number of likely N-dealkylation sites (tertiary alicyclic amines) is 1. The summed E-state index contributed by atoms with van der Waals surface area (Å²) in [6.07, 6.45) is -1.59. The highest BCUT2D eigenvalue weighted by Gasteiger charge is 2.48. The van der Waals surface area contributed by atoms with E-state index in [1.807, 2.05) is 4.90 Å². The molecule has 1 unspecified atom stereocenters. The zero-order chi connectivity index (χ0) is 16.7. The lowest BCUT2D eigenvalue weighted by Crippen LogP contribution is -2.58. The number of nitrogens with zero attached hydrogens (tertiary/aromatic N) is 1. The molecule has 1 aromatic rings. The summed E-state index contributed by atoms with van der Waals surface area (Å²) >= 11 is 0. The lowest BCUT2D eigenvalue weighted by molar-refractivity contribution is -0.140. The van der Waals surface area contributed by atoms with E-state index < -0.39 is 23.1 Å². The van der Waals surface area contributed by atoms with Crippen LogP contribution in [0.4, 0.5) is 17.6 Å². The van der Waals surface area contributed by atoms with Crippen LogP contribution in [0, 0.1) is 5.82 Å². The summed E-state index contributed by atoms with van der Waals surface area (Å²) in [6, 6.07) is 3.06. The van der Waals surface area contributed by atoms with Crippen LogP contribution in [0.2, 0.25) is 0 Å². The maximum atomic E-state index is 13.4. The Balaban J connectivity index is 1.85. The predicted octanol–water partition coefficient (Wildman–Crippen LogP) is 3.09. The molecule has 0 bridgehead atoms. The number of piperidine rings is 1. The molecule has 0 aliphatic carbocycles. The number of halogens is 4. The molecule has 1 N–H and O–H groups in total. The summed E-state index contributed by atoms with van der Waals surface area (Å²) in [5.74, 6) is -1.31. The third-order valence-corrected chi connectivity index (χ3v) is 4.81. The Bertz CT molecular complexity index is 617. The van der Waals surface area contributed by atoms with Gasteiger partial charge in [0.05, 0.1) is 5.56 Å². The minimum atomic E-state index is -4.72. The Morgan fingerprint density at radius 1 is 1.22 bits per heavy atom. The van der Waals surface area contributed by atoms with E-state index in [-0.39, 0.29) is 12.5 Å². The first kappa shape index (κ1) is 16.2. The summed E-state index contributed by atoms with van der Waals surface area (Å²) in [4.78, 5) is 14.2. The van der Waals surface area contributed by atoms with Crippen LogP contribution in [0.15, 0.2) is 18.2 Å². The number of nitrogens with one attached hydrogen (secondary N) is 1. The van der Waals surface area contributed by atoms with E-state index in [0.717, 1.165) is 25.0 Å². The third-order valence-electron chi connectivity index (χ3n) is 4.81. The fourth-order valence-electron chi connectivity index (χ4n) is 3.67. The smallest absolute Gasteiger partial charge is 0.354 e. The molecule has 3 rings (SSSR count). The molecule has 126 valence electrons. The summed E-state index contributed by atoms with van der Waals surface area (Å²) in [7, 11) is 0. The van der Waals surface area contributed by atoms with Gasteiger partial charge in [-0.3, -0.25) is 9.69 Å². The fraction of sp³-hybridized carbons (Fsp3) is 0.562. The molecule has 7 heteroatoms. The van der Waals surface area contributed by atoms with Crippen LogP contribution in [-0.4, -0.2) is 29.4 Å². The predicted molar refractivity (Wildman–Crippen MR) is 76.0 cm³/mol. The zero-order valence-electron chi connectivity index (χ0n) is 12.5.